The molecule has 2 aromatic rings. The van der Waals surface area contributed by atoms with Crippen LogP contribution in [0.2, 0.25) is 0 Å². The summed E-state index contributed by atoms with van der Waals surface area (Å²) in [6.07, 6.45) is 2.26. The van der Waals surface area contributed by atoms with E-state index in [1.54, 1.807) is 24.8 Å². The van der Waals surface area contributed by atoms with Gasteiger partial charge in [0.15, 0.2) is 0 Å². The number of benzene rings is 1. The summed E-state index contributed by atoms with van der Waals surface area (Å²) in [7, 11) is 0. The maximum atomic E-state index is 11.7. The van der Waals surface area contributed by atoms with Gasteiger partial charge in [-0.25, -0.2) is 10.2 Å². The summed E-state index contributed by atoms with van der Waals surface area (Å²) >= 11 is 1.74. The van der Waals surface area contributed by atoms with Gasteiger partial charge in [0.25, 0.3) is 5.91 Å². The number of rotatable bonds is 6. The second kappa shape index (κ2) is 8.89. The Kier molecular flexibility index (Phi) is 6.56. The number of amides is 3. The second-order valence-electron chi connectivity index (χ2n) is 4.74. The quantitative estimate of drug-likeness (QED) is 0.431. The van der Waals surface area contributed by atoms with Crippen LogP contribution in [-0.4, -0.2) is 24.2 Å². The molecule has 0 atom stereocenters. The Bertz CT molecular complexity index is 643. The van der Waals surface area contributed by atoms with Crippen LogP contribution >= 0.6 is 11.8 Å². The molecule has 23 heavy (non-hydrogen) atoms. The van der Waals surface area contributed by atoms with Gasteiger partial charge in [-0.2, -0.15) is 0 Å². The summed E-state index contributed by atoms with van der Waals surface area (Å²) in [6, 6.07) is 11.2. The van der Waals surface area contributed by atoms with Crippen molar-refractivity contribution in [1.29, 1.82) is 0 Å². The highest BCUT2D eigenvalue weighted by molar-refractivity contribution is 7.99. The molecule has 0 saturated carbocycles. The van der Waals surface area contributed by atoms with Crippen LogP contribution in [0, 0.1) is 6.92 Å². The third-order valence-electron chi connectivity index (χ3n) is 3.01. The van der Waals surface area contributed by atoms with Crippen LogP contribution in [-0.2, 0) is 0 Å². The highest BCUT2D eigenvalue weighted by Crippen LogP contribution is 2.17. The zero-order valence-electron chi connectivity index (χ0n) is 12.8. The highest BCUT2D eigenvalue weighted by Gasteiger charge is 2.11. The van der Waals surface area contributed by atoms with Gasteiger partial charge in [0.05, 0.1) is 11.8 Å². The van der Waals surface area contributed by atoms with E-state index in [1.807, 2.05) is 18.2 Å². The van der Waals surface area contributed by atoms with Gasteiger partial charge in [-0.15, -0.1) is 11.8 Å². The van der Waals surface area contributed by atoms with Gasteiger partial charge in [-0.1, -0.05) is 18.2 Å². The standard InChI is InChI=1S/C16H19N3O3S/c1-12-14(8-10-22-12)15(20)18-19-16(21)17-9-5-11-23-13-6-3-2-4-7-13/h2-4,6-8,10H,5,9,11H2,1H3,(H,18,20)(H2,17,19,21). The predicted octanol–water partition coefficient (Wildman–Crippen LogP) is 2.71. The van der Waals surface area contributed by atoms with E-state index in [1.165, 1.54) is 11.2 Å². The summed E-state index contributed by atoms with van der Waals surface area (Å²) in [4.78, 5) is 24.5. The summed E-state index contributed by atoms with van der Waals surface area (Å²) < 4.78 is 5.03. The Morgan fingerprint density at radius 1 is 1.13 bits per heavy atom. The van der Waals surface area contributed by atoms with E-state index in [2.05, 4.69) is 28.3 Å². The second-order valence-corrected chi connectivity index (χ2v) is 5.91. The van der Waals surface area contributed by atoms with Crippen molar-refractivity contribution in [3.05, 3.63) is 54.0 Å². The van der Waals surface area contributed by atoms with Crippen LogP contribution in [0.5, 0.6) is 0 Å². The molecule has 0 spiro atoms. The van der Waals surface area contributed by atoms with Crippen molar-refractivity contribution in [3.8, 4) is 0 Å². The first-order chi connectivity index (χ1) is 11.2. The van der Waals surface area contributed by atoms with Crippen molar-refractivity contribution in [3.63, 3.8) is 0 Å². The minimum Gasteiger partial charge on any atom is -0.469 e. The van der Waals surface area contributed by atoms with Gasteiger partial charge in [0.2, 0.25) is 0 Å². The highest BCUT2D eigenvalue weighted by atomic mass is 32.2. The van der Waals surface area contributed by atoms with Crippen molar-refractivity contribution in [2.24, 2.45) is 0 Å². The smallest absolute Gasteiger partial charge is 0.333 e. The van der Waals surface area contributed by atoms with E-state index in [0.717, 1.165) is 12.2 Å². The Hall–Kier alpha value is -2.41. The Morgan fingerprint density at radius 2 is 1.91 bits per heavy atom. The molecular formula is C16H19N3O3S. The first kappa shape index (κ1) is 17.0. The number of carbonyl (C=O) groups excluding carboxylic acids is 2. The molecule has 1 heterocycles. The first-order valence-electron chi connectivity index (χ1n) is 7.23. The molecule has 1 aromatic heterocycles. The molecule has 3 amide bonds. The van der Waals surface area contributed by atoms with Gasteiger partial charge >= 0.3 is 6.03 Å². The number of nitrogens with one attached hydrogen (secondary N) is 3. The van der Waals surface area contributed by atoms with Crippen LogP contribution < -0.4 is 16.2 Å². The Balaban J connectivity index is 1.57. The number of urea groups is 1. The van der Waals surface area contributed by atoms with Crippen LogP contribution in [0.3, 0.4) is 0 Å². The first-order valence-corrected chi connectivity index (χ1v) is 8.21. The van der Waals surface area contributed by atoms with E-state index in [-0.39, 0.29) is 0 Å². The molecule has 0 unspecified atom stereocenters. The van der Waals surface area contributed by atoms with Crippen molar-refractivity contribution < 1.29 is 14.0 Å². The van der Waals surface area contributed by atoms with Crippen molar-refractivity contribution in [2.45, 2.75) is 18.2 Å². The number of aryl methyl sites for hydroxylation is 1. The van der Waals surface area contributed by atoms with E-state index < -0.39 is 11.9 Å². The fourth-order valence-corrected chi connectivity index (χ4v) is 2.70. The monoisotopic (exact) mass is 333 g/mol. The number of thioether (sulfide) groups is 1. The predicted molar refractivity (Wildman–Crippen MR) is 89.2 cm³/mol. The minimum absolute atomic E-state index is 0.393. The van der Waals surface area contributed by atoms with Crippen LogP contribution in [0.15, 0.2) is 52.0 Å². The van der Waals surface area contributed by atoms with Crippen LogP contribution in [0.4, 0.5) is 4.79 Å². The van der Waals surface area contributed by atoms with E-state index in [4.69, 9.17) is 4.42 Å². The molecule has 0 saturated heterocycles. The molecule has 0 bridgehead atoms. The fourth-order valence-electron chi connectivity index (χ4n) is 1.83. The Morgan fingerprint density at radius 3 is 2.61 bits per heavy atom. The fraction of sp³-hybridized carbons (Fsp3) is 0.250. The van der Waals surface area contributed by atoms with Gasteiger partial charge in [-0.05, 0) is 37.3 Å². The normalized spacial score (nSPS) is 10.1. The summed E-state index contributed by atoms with van der Waals surface area (Å²) in [5.74, 6) is 0.999. The van der Waals surface area contributed by atoms with E-state index in [9.17, 15) is 9.59 Å². The molecule has 0 radical (unpaired) electrons. The van der Waals surface area contributed by atoms with Crippen LogP contribution in [0.25, 0.3) is 0 Å². The molecule has 0 aliphatic heterocycles. The lowest BCUT2D eigenvalue weighted by Gasteiger charge is -2.08. The SMILES string of the molecule is Cc1occc1C(=O)NNC(=O)NCCCSc1ccccc1. The van der Waals surface area contributed by atoms with E-state index in [0.29, 0.717) is 17.9 Å². The lowest BCUT2D eigenvalue weighted by molar-refractivity contribution is 0.0934. The van der Waals surface area contributed by atoms with Crippen molar-refractivity contribution >= 4 is 23.7 Å². The minimum atomic E-state index is -0.441. The molecule has 0 aliphatic carbocycles. The number of hydrogen-bond donors (Lipinski definition) is 3. The van der Waals surface area contributed by atoms with Gasteiger partial charge in [-0.3, -0.25) is 10.2 Å². The molecule has 1 aromatic carbocycles. The van der Waals surface area contributed by atoms with Gasteiger partial charge in [0.1, 0.15) is 5.76 Å². The molecule has 7 heteroatoms. The van der Waals surface area contributed by atoms with Crippen molar-refractivity contribution in [2.75, 3.05) is 12.3 Å². The van der Waals surface area contributed by atoms with Gasteiger partial charge < -0.3 is 9.73 Å². The molecule has 122 valence electrons. The van der Waals surface area contributed by atoms with Crippen LogP contribution in [0.1, 0.15) is 22.5 Å². The largest absolute Gasteiger partial charge is 0.469 e. The topological polar surface area (TPSA) is 83.4 Å². The molecule has 6 nitrogen and oxygen atoms in total. The molecule has 0 fully saturated rings. The molecule has 0 aliphatic rings. The molecule has 2 rings (SSSR count). The third kappa shape index (κ3) is 5.71. The maximum absolute atomic E-state index is 11.7. The average Bonchev–Trinajstić information content (AvgIpc) is 2.99. The van der Waals surface area contributed by atoms with Gasteiger partial charge in [0, 0.05) is 11.4 Å². The zero-order chi connectivity index (χ0) is 16.5. The summed E-state index contributed by atoms with van der Waals surface area (Å²) in [5, 5.41) is 2.68. The number of furan rings is 1. The summed E-state index contributed by atoms with van der Waals surface area (Å²) in [6.45, 7) is 2.21. The number of carbonyl (C=O) groups is 2. The lowest BCUT2D eigenvalue weighted by atomic mass is 10.2. The molecule has 3 N–H and O–H groups in total. The zero-order valence-corrected chi connectivity index (χ0v) is 13.6. The summed E-state index contributed by atoms with van der Waals surface area (Å²) in [5.41, 5.74) is 5.03. The number of hydrazine groups is 1. The molecular weight excluding hydrogens is 314 g/mol. The van der Waals surface area contributed by atoms with E-state index >= 15 is 0 Å². The average molecular weight is 333 g/mol. The Labute approximate surface area is 139 Å². The maximum Gasteiger partial charge on any atom is 0.333 e. The van der Waals surface area contributed by atoms with Crippen molar-refractivity contribution in [1.82, 2.24) is 16.2 Å². The number of hydrogen-bond acceptors (Lipinski definition) is 4. The lowest BCUT2D eigenvalue weighted by Crippen LogP contribution is -2.47. The third-order valence-corrected chi connectivity index (χ3v) is 4.11.